The maximum Gasteiger partial charge on any atom is 0.416 e. The Morgan fingerprint density at radius 3 is 2.56 bits per heavy atom. The van der Waals surface area contributed by atoms with Crippen molar-refractivity contribution in [2.24, 2.45) is 0 Å². The van der Waals surface area contributed by atoms with Crippen molar-refractivity contribution in [3.05, 3.63) is 54.0 Å². The number of nitrogens with zero attached hydrogens (tertiary/aromatic N) is 2. The fraction of sp³-hybridized carbons (Fsp3) is 0.421. The van der Waals surface area contributed by atoms with Crippen LogP contribution >= 0.6 is 0 Å². The summed E-state index contributed by atoms with van der Waals surface area (Å²) in [5, 5.41) is 3.13. The Morgan fingerprint density at radius 1 is 1.19 bits per heavy atom. The van der Waals surface area contributed by atoms with Gasteiger partial charge in [0.1, 0.15) is 5.76 Å². The summed E-state index contributed by atoms with van der Waals surface area (Å²) in [7, 11) is 0. The number of anilines is 1. The van der Waals surface area contributed by atoms with E-state index in [9.17, 15) is 18.0 Å². The number of halogens is 3. The molecule has 1 aliphatic rings. The van der Waals surface area contributed by atoms with Crippen LogP contribution in [-0.2, 0) is 11.0 Å². The Bertz CT molecular complexity index is 754. The van der Waals surface area contributed by atoms with Crippen LogP contribution in [0.2, 0.25) is 0 Å². The minimum absolute atomic E-state index is 0.0305. The zero-order valence-electron chi connectivity index (χ0n) is 15.0. The summed E-state index contributed by atoms with van der Waals surface area (Å²) in [6.07, 6.45) is -2.77. The second kappa shape index (κ2) is 8.04. The van der Waals surface area contributed by atoms with Gasteiger partial charge >= 0.3 is 6.18 Å². The molecule has 0 saturated carbocycles. The van der Waals surface area contributed by atoms with Gasteiger partial charge in [0.2, 0.25) is 5.91 Å². The number of carbonyl (C=O) groups is 1. The van der Waals surface area contributed by atoms with Crippen LogP contribution in [0, 0.1) is 0 Å². The zero-order valence-corrected chi connectivity index (χ0v) is 15.0. The Morgan fingerprint density at radius 2 is 1.93 bits per heavy atom. The Labute approximate surface area is 155 Å². The Hall–Kier alpha value is -2.48. The second-order valence-corrected chi connectivity index (χ2v) is 6.53. The fourth-order valence-corrected chi connectivity index (χ4v) is 3.08. The molecule has 146 valence electrons. The fourth-order valence-electron chi connectivity index (χ4n) is 3.08. The van der Waals surface area contributed by atoms with Crippen molar-refractivity contribution >= 4 is 11.6 Å². The van der Waals surface area contributed by atoms with Crippen molar-refractivity contribution in [2.75, 3.05) is 37.6 Å². The molecule has 1 saturated heterocycles. The number of benzene rings is 1. The van der Waals surface area contributed by atoms with Crippen molar-refractivity contribution in [1.82, 2.24) is 10.2 Å². The first kappa shape index (κ1) is 19.3. The van der Waals surface area contributed by atoms with E-state index in [0.29, 0.717) is 31.9 Å². The van der Waals surface area contributed by atoms with E-state index in [1.165, 1.54) is 6.07 Å². The first-order valence-corrected chi connectivity index (χ1v) is 8.81. The van der Waals surface area contributed by atoms with E-state index in [1.54, 1.807) is 23.3 Å². The van der Waals surface area contributed by atoms with Crippen LogP contribution in [0.15, 0.2) is 47.1 Å². The average molecular weight is 381 g/mol. The van der Waals surface area contributed by atoms with E-state index in [4.69, 9.17) is 4.42 Å². The highest BCUT2D eigenvalue weighted by Crippen LogP contribution is 2.31. The summed E-state index contributed by atoms with van der Waals surface area (Å²) in [5.74, 6) is 0.731. The van der Waals surface area contributed by atoms with Gasteiger partial charge in [0.25, 0.3) is 0 Å². The smallest absolute Gasteiger partial charge is 0.416 e. The van der Waals surface area contributed by atoms with Gasteiger partial charge in [0, 0.05) is 31.9 Å². The topological polar surface area (TPSA) is 48.7 Å². The van der Waals surface area contributed by atoms with Crippen molar-refractivity contribution in [3.8, 4) is 0 Å². The highest BCUT2D eigenvalue weighted by atomic mass is 19.4. The van der Waals surface area contributed by atoms with Crippen molar-refractivity contribution in [2.45, 2.75) is 19.1 Å². The van der Waals surface area contributed by atoms with Gasteiger partial charge in [-0.2, -0.15) is 13.2 Å². The number of alkyl halides is 3. The first-order chi connectivity index (χ1) is 12.8. The molecule has 0 unspecified atom stereocenters. The second-order valence-electron chi connectivity index (χ2n) is 6.53. The van der Waals surface area contributed by atoms with Crippen LogP contribution < -0.4 is 10.2 Å². The van der Waals surface area contributed by atoms with Crippen LogP contribution in [0.1, 0.15) is 24.3 Å². The number of piperazine rings is 1. The van der Waals surface area contributed by atoms with Gasteiger partial charge in [-0.25, -0.2) is 0 Å². The van der Waals surface area contributed by atoms with Crippen LogP contribution in [0.5, 0.6) is 0 Å². The van der Waals surface area contributed by atoms with Crippen LogP contribution in [-0.4, -0.2) is 43.5 Å². The summed E-state index contributed by atoms with van der Waals surface area (Å²) in [6, 6.07) is 8.86. The van der Waals surface area contributed by atoms with Gasteiger partial charge in [-0.15, -0.1) is 0 Å². The lowest BCUT2D eigenvalue weighted by Crippen LogP contribution is -2.51. The average Bonchev–Trinajstić information content (AvgIpc) is 3.20. The van der Waals surface area contributed by atoms with Gasteiger partial charge < -0.3 is 14.2 Å². The molecule has 1 atom stereocenters. The predicted octanol–water partition coefficient (Wildman–Crippen LogP) is 3.30. The molecule has 3 rings (SSSR count). The maximum atomic E-state index is 12.9. The van der Waals surface area contributed by atoms with Gasteiger partial charge in [0.15, 0.2) is 0 Å². The largest absolute Gasteiger partial charge is 0.468 e. The number of rotatable bonds is 5. The lowest BCUT2D eigenvalue weighted by molar-refractivity contribution is -0.137. The first-order valence-electron chi connectivity index (χ1n) is 8.81. The van der Waals surface area contributed by atoms with E-state index in [-0.39, 0.29) is 18.5 Å². The van der Waals surface area contributed by atoms with Gasteiger partial charge in [-0.05, 0) is 37.3 Å². The molecule has 27 heavy (non-hydrogen) atoms. The van der Waals surface area contributed by atoms with Crippen LogP contribution in [0.25, 0.3) is 0 Å². The molecular formula is C19H22F3N3O2. The lowest BCUT2D eigenvalue weighted by Gasteiger charge is -2.36. The number of nitrogens with one attached hydrogen (secondary N) is 1. The van der Waals surface area contributed by atoms with Gasteiger partial charge in [-0.1, -0.05) is 6.07 Å². The number of carbonyl (C=O) groups excluding carboxylic acids is 1. The predicted molar refractivity (Wildman–Crippen MR) is 95.4 cm³/mol. The Kier molecular flexibility index (Phi) is 5.74. The van der Waals surface area contributed by atoms with Crippen LogP contribution in [0.4, 0.5) is 18.9 Å². The van der Waals surface area contributed by atoms with E-state index < -0.39 is 11.7 Å². The third-order valence-corrected chi connectivity index (χ3v) is 4.70. The summed E-state index contributed by atoms with van der Waals surface area (Å²) >= 11 is 0. The van der Waals surface area contributed by atoms with Crippen molar-refractivity contribution in [1.29, 1.82) is 0 Å². The third kappa shape index (κ3) is 4.82. The molecule has 1 fully saturated rings. The molecule has 1 aliphatic heterocycles. The molecule has 0 bridgehead atoms. The maximum absolute atomic E-state index is 12.9. The van der Waals surface area contributed by atoms with E-state index >= 15 is 0 Å². The third-order valence-electron chi connectivity index (χ3n) is 4.70. The highest BCUT2D eigenvalue weighted by molar-refractivity contribution is 5.78. The minimum atomic E-state index is -4.36. The highest BCUT2D eigenvalue weighted by Gasteiger charge is 2.31. The molecule has 0 radical (unpaired) electrons. The summed E-state index contributed by atoms with van der Waals surface area (Å²) < 4.78 is 43.9. The molecule has 2 aromatic rings. The molecule has 1 aromatic heterocycles. The molecule has 2 heterocycles. The molecular weight excluding hydrogens is 359 g/mol. The molecule has 1 aromatic carbocycles. The van der Waals surface area contributed by atoms with E-state index in [2.05, 4.69) is 5.32 Å². The van der Waals surface area contributed by atoms with Crippen LogP contribution in [0.3, 0.4) is 0 Å². The van der Waals surface area contributed by atoms with Gasteiger partial charge in [0.05, 0.1) is 24.4 Å². The Balaban J connectivity index is 1.50. The SMILES string of the molecule is C[C@@H](NCC(=O)N1CCN(c2cccc(C(F)(F)F)c2)CC1)c1ccco1. The van der Waals surface area contributed by atoms with E-state index in [0.717, 1.165) is 17.9 Å². The van der Waals surface area contributed by atoms with Crippen molar-refractivity contribution in [3.63, 3.8) is 0 Å². The molecule has 1 amide bonds. The summed E-state index contributed by atoms with van der Waals surface area (Å²) in [6.45, 7) is 4.06. The monoisotopic (exact) mass is 381 g/mol. The zero-order chi connectivity index (χ0) is 19.4. The van der Waals surface area contributed by atoms with Gasteiger partial charge in [-0.3, -0.25) is 10.1 Å². The van der Waals surface area contributed by atoms with E-state index in [1.807, 2.05) is 17.9 Å². The quantitative estimate of drug-likeness (QED) is 0.864. The number of furan rings is 1. The summed E-state index contributed by atoms with van der Waals surface area (Å²) in [4.78, 5) is 16.0. The molecule has 0 spiro atoms. The molecule has 0 aliphatic carbocycles. The number of hydrogen-bond acceptors (Lipinski definition) is 4. The summed E-state index contributed by atoms with van der Waals surface area (Å²) in [5.41, 5.74) is -0.129. The lowest BCUT2D eigenvalue weighted by atomic mass is 10.1. The normalized spacial score (nSPS) is 16.4. The number of hydrogen-bond donors (Lipinski definition) is 1. The number of amides is 1. The standard InChI is InChI=1S/C19H22F3N3O2/c1-14(17-6-3-11-27-17)23-13-18(26)25-9-7-24(8-10-25)16-5-2-4-15(12-16)19(20,21)22/h2-6,11-12,14,23H,7-10,13H2,1H3/t14-/m1/s1. The molecule has 8 heteroatoms. The van der Waals surface area contributed by atoms with Crippen molar-refractivity contribution < 1.29 is 22.4 Å². The minimum Gasteiger partial charge on any atom is -0.468 e. The molecule has 1 N–H and O–H groups in total. The molecule has 5 nitrogen and oxygen atoms in total.